The maximum Gasteiger partial charge on any atom is 0.253 e. The largest absolute Gasteiger partial charge is 0.488 e. The van der Waals surface area contributed by atoms with Gasteiger partial charge in [-0.2, -0.15) is 0 Å². The quantitative estimate of drug-likeness (QED) is 0.661. The zero-order chi connectivity index (χ0) is 19.8. The molecule has 1 amide bonds. The number of nitrogens with zero attached hydrogens (tertiary/aromatic N) is 3. The van der Waals surface area contributed by atoms with Crippen LogP contribution in [-0.4, -0.2) is 53.5 Å². The third-order valence-electron chi connectivity index (χ3n) is 5.72. The fraction of sp³-hybridized carbons (Fsp3) is 0.304. The number of rotatable bonds is 3. The highest BCUT2D eigenvalue weighted by molar-refractivity contribution is 7.18. The molecule has 5 nitrogen and oxygen atoms in total. The van der Waals surface area contributed by atoms with Gasteiger partial charge in [0, 0.05) is 31.7 Å². The van der Waals surface area contributed by atoms with E-state index in [0.29, 0.717) is 6.61 Å². The van der Waals surface area contributed by atoms with Gasteiger partial charge in [0.2, 0.25) is 0 Å². The van der Waals surface area contributed by atoms with Gasteiger partial charge in [-0.05, 0) is 31.2 Å². The van der Waals surface area contributed by atoms with Gasteiger partial charge in [0.1, 0.15) is 17.4 Å². The molecule has 3 aromatic rings. The van der Waals surface area contributed by atoms with E-state index in [0.717, 1.165) is 53.6 Å². The molecule has 0 radical (unpaired) electrons. The number of benzene rings is 2. The minimum atomic E-state index is 0.0896. The summed E-state index contributed by atoms with van der Waals surface area (Å²) in [6, 6.07) is 16.4. The molecular formula is C23H23N3O2S. The van der Waals surface area contributed by atoms with E-state index in [1.165, 1.54) is 4.70 Å². The van der Waals surface area contributed by atoms with Gasteiger partial charge in [-0.1, -0.05) is 30.3 Å². The lowest BCUT2D eigenvalue weighted by molar-refractivity contribution is -0.129. The summed E-state index contributed by atoms with van der Waals surface area (Å²) in [6.45, 7) is 5.73. The summed E-state index contributed by atoms with van der Waals surface area (Å²) in [5, 5.41) is 1.14. The minimum absolute atomic E-state index is 0.0896. The highest BCUT2D eigenvalue weighted by Crippen LogP contribution is 2.30. The van der Waals surface area contributed by atoms with Gasteiger partial charge in [-0.25, -0.2) is 4.98 Å². The number of para-hydroxylation sites is 2. The first-order chi connectivity index (χ1) is 14.2. The minimum Gasteiger partial charge on any atom is -0.488 e. The molecule has 1 aromatic heterocycles. The summed E-state index contributed by atoms with van der Waals surface area (Å²) in [7, 11) is 0. The fourth-order valence-electron chi connectivity index (χ4n) is 3.98. The second-order valence-electron chi connectivity index (χ2n) is 7.52. The number of carbonyl (C=O) groups excluding carboxylic acids is 1. The number of fused-ring (bicyclic) bond motifs is 2. The molecule has 2 aromatic carbocycles. The van der Waals surface area contributed by atoms with Crippen LogP contribution in [0.3, 0.4) is 0 Å². The third-order valence-corrected chi connectivity index (χ3v) is 6.93. The van der Waals surface area contributed by atoms with E-state index in [2.05, 4.69) is 30.0 Å². The molecule has 6 heteroatoms. The molecule has 0 saturated carbocycles. The van der Waals surface area contributed by atoms with Crippen LogP contribution >= 0.6 is 11.3 Å². The summed E-state index contributed by atoms with van der Waals surface area (Å²) >= 11 is 1.76. The molecule has 0 aliphatic carbocycles. The number of aromatic nitrogens is 1. The molecule has 2 aliphatic heterocycles. The lowest BCUT2D eigenvalue weighted by atomic mass is 10.1. The van der Waals surface area contributed by atoms with Crippen molar-refractivity contribution in [1.82, 2.24) is 14.8 Å². The lowest BCUT2D eigenvalue weighted by Gasteiger charge is -2.38. The predicted molar refractivity (Wildman–Crippen MR) is 116 cm³/mol. The number of carbonyl (C=O) groups is 1. The van der Waals surface area contributed by atoms with E-state index in [4.69, 9.17) is 9.72 Å². The zero-order valence-electron chi connectivity index (χ0n) is 16.4. The van der Waals surface area contributed by atoms with Crippen LogP contribution in [0.15, 0.2) is 54.1 Å². The van der Waals surface area contributed by atoms with Crippen LogP contribution in [-0.2, 0) is 4.79 Å². The van der Waals surface area contributed by atoms with Crippen molar-refractivity contribution in [3.8, 4) is 5.75 Å². The number of piperazine rings is 1. The first-order valence-electron chi connectivity index (χ1n) is 10.0. The zero-order valence-corrected chi connectivity index (χ0v) is 17.2. The van der Waals surface area contributed by atoms with E-state index in [-0.39, 0.29) is 11.9 Å². The summed E-state index contributed by atoms with van der Waals surface area (Å²) in [4.78, 5) is 22.2. The van der Waals surface area contributed by atoms with Gasteiger partial charge in [-0.15, -0.1) is 11.3 Å². The highest BCUT2D eigenvalue weighted by Gasteiger charge is 2.28. The van der Waals surface area contributed by atoms with Crippen molar-refractivity contribution >= 4 is 33.5 Å². The molecule has 0 spiro atoms. The molecule has 148 valence electrons. The van der Waals surface area contributed by atoms with Crippen molar-refractivity contribution in [3.63, 3.8) is 0 Å². The van der Waals surface area contributed by atoms with Crippen molar-refractivity contribution in [2.75, 3.05) is 32.8 Å². The van der Waals surface area contributed by atoms with Crippen LogP contribution in [0.5, 0.6) is 5.75 Å². The van der Waals surface area contributed by atoms with E-state index in [1.807, 2.05) is 41.3 Å². The smallest absolute Gasteiger partial charge is 0.253 e. The number of thiazole rings is 1. The fourth-order valence-corrected chi connectivity index (χ4v) is 5.03. The van der Waals surface area contributed by atoms with Crippen molar-refractivity contribution in [3.05, 3.63) is 64.7 Å². The SMILES string of the molecule is CC(c1nc2ccccc2s1)N1CCN(C(=O)C2=Cc3ccccc3OC2)CC1. The standard InChI is InChI=1S/C23H23N3O2S/c1-16(22-24-19-7-3-5-9-21(19)29-22)25-10-12-26(13-11-25)23(27)18-14-17-6-2-4-8-20(17)28-15-18/h2-9,14,16H,10-13,15H2,1H3. The number of amides is 1. The normalized spacial score (nSPS) is 18.1. The highest BCUT2D eigenvalue weighted by atomic mass is 32.1. The Morgan fingerprint density at radius 2 is 1.83 bits per heavy atom. The Labute approximate surface area is 174 Å². The molecule has 5 rings (SSSR count). The summed E-state index contributed by atoms with van der Waals surface area (Å²) in [6.07, 6.45) is 1.97. The molecule has 0 bridgehead atoms. The third kappa shape index (κ3) is 3.54. The van der Waals surface area contributed by atoms with Crippen molar-refractivity contribution in [2.45, 2.75) is 13.0 Å². The summed E-state index contributed by atoms with van der Waals surface area (Å²) in [5.74, 6) is 0.935. The molecule has 1 fully saturated rings. The second-order valence-corrected chi connectivity index (χ2v) is 8.58. The number of ether oxygens (including phenoxy) is 1. The lowest BCUT2D eigenvalue weighted by Crippen LogP contribution is -2.50. The van der Waals surface area contributed by atoms with Crippen LogP contribution < -0.4 is 4.74 Å². The maximum atomic E-state index is 13.0. The van der Waals surface area contributed by atoms with E-state index in [9.17, 15) is 4.79 Å². The van der Waals surface area contributed by atoms with E-state index in [1.54, 1.807) is 11.3 Å². The van der Waals surface area contributed by atoms with Crippen LogP contribution in [0.2, 0.25) is 0 Å². The number of hydrogen-bond donors (Lipinski definition) is 0. The molecule has 2 aliphatic rings. The number of hydrogen-bond acceptors (Lipinski definition) is 5. The topological polar surface area (TPSA) is 45.7 Å². The Bertz CT molecular complexity index is 1050. The Hall–Kier alpha value is -2.70. The second kappa shape index (κ2) is 7.61. The Kier molecular flexibility index (Phi) is 4.81. The monoisotopic (exact) mass is 405 g/mol. The van der Waals surface area contributed by atoms with Crippen LogP contribution in [0, 0.1) is 0 Å². The van der Waals surface area contributed by atoms with Gasteiger partial charge >= 0.3 is 0 Å². The first kappa shape index (κ1) is 18.3. The molecule has 1 atom stereocenters. The Balaban J connectivity index is 1.24. The Morgan fingerprint density at radius 3 is 2.66 bits per heavy atom. The van der Waals surface area contributed by atoms with Crippen LogP contribution in [0.1, 0.15) is 23.5 Å². The summed E-state index contributed by atoms with van der Waals surface area (Å²) < 4.78 is 6.99. The van der Waals surface area contributed by atoms with Crippen molar-refractivity contribution in [1.29, 1.82) is 0 Å². The molecule has 1 saturated heterocycles. The molecular weight excluding hydrogens is 382 g/mol. The van der Waals surface area contributed by atoms with Crippen molar-refractivity contribution < 1.29 is 9.53 Å². The van der Waals surface area contributed by atoms with Gasteiger partial charge in [-0.3, -0.25) is 9.69 Å². The van der Waals surface area contributed by atoms with Gasteiger partial charge in [0.15, 0.2) is 0 Å². The average Bonchev–Trinajstić information content (AvgIpc) is 3.22. The summed E-state index contributed by atoms with van der Waals surface area (Å²) in [5.41, 5.74) is 2.78. The molecule has 1 unspecified atom stereocenters. The van der Waals surface area contributed by atoms with Gasteiger partial charge in [0.05, 0.1) is 21.8 Å². The molecule has 3 heterocycles. The van der Waals surface area contributed by atoms with Crippen LogP contribution in [0.4, 0.5) is 0 Å². The van der Waals surface area contributed by atoms with E-state index < -0.39 is 0 Å². The predicted octanol–water partition coefficient (Wildman–Crippen LogP) is 3.98. The molecule has 29 heavy (non-hydrogen) atoms. The van der Waals surface area contributed by atoms with E-state index >= 15 is 0 Å². The van der Waals surface area contributed by atoms with Gasteiger partial charge in [0.25, 0.3) is 5.91 Å². The Morgan fingerprint density at radius 1 is 1.07 bits per heavy atom. The maximum absolute atomic E-state index is 13.0. The first-order valence-corrected chi connectivity index (χ1v) is 10.8. The van der Waals surface area contributed by atoms with Gasteiger partial charge < -0.3 is 9.64 Å². The van der Waals surface area contributed by atoms with Crippen LogP contribution in [0.25, 0.3) is 16.3 Å². The van der Waals surface area contributed by atoms with Crippen molar-refractivity contribution in [2.24, 2.45) is 0 Å². The average molecular weight is 406 g/mol. The molecule has 0 N–H and O–H groups in total.